The van der Waals surface area contributed by atoms with Crippen molar-refractivity contribution in [2.45, 2.75) is 6.92 Å². The molecule has 0 fully saturated rings. The number of rotatable bonds is 5. The summed E-state index contributed by atoms with van der Waals surface area (Å²) in [5.74, 6) is -0.752. The van der Waals surface area contributed by atoms with Gasteiger partial charge in [-0.2, -0.15) is 0 Å². The Kier molecular flexibility index (Phi) is 4.53. The van der Waals surface area contributed by atoms with Crippen LogP contribution in [0.25, 0.3) is 11.4 Å². The highest BCUT2D eigenvalue weighted by Gasteiger charge is 2.11. The molecule has 0 aliphatic carbocycles. The third-order valence-electron chi connectivity index (χ3n) is 2.99. The summed E-state index contributed by atoms with van der Waals surface area (Å²) in [6.07, 6.45) is 9.80. The van der Waals surface area contributed by atoms with Crippen LogP contribution < -0.4 is 5.56 Å². The van der Waals surface area contributed by atoms with Crippen LogP contribution in [0.4, 0.5) is 0 Å². The number of aromatic amines is 1. The summed E-state index contributed by atoms with van der Waals surface area (Å²) in [6, 6.07) is 2.86. The van der Waals surface area contributed by atoms with Gasteiger partial charge in [0.05, 0.1) is 11.1 Å². The van der Waals surface area contributed by atoms with Crippen LogP contribution in [0.2, 0.25) is 0 Å². The van der Waals surface area contributed by atoms with Gasteiger partial charge in [-0.15, -0.1) is 0 Å². The van der Waals surface area contributed by atoms with Crippen molar-refractivity contribution in [1.82, 2.24) is 14.8 Å². The minimum Gasteiger partial charge on any atom is -0.478 e. The van der Waals surface area contributed by atoms with Gasteiger partial charge in [-0.05, 0) is 24.6 Å². The Labute approximate surface area is 126 Å². The Hall–Kier alpha value is -3.15. The third kappa shape index (κ3) is 2.95. The first-order valence-electron chi connectivity index (χ1n) is 6.54. The second-order valence-corrected chi connectivity index (χ2v) is 4.39. The summed E-state index contributed by atoms with van der Waals surface area (Å²) in [5.41, 5.74) is 0.909. The Morgan fingerprint density at radius 1 is 1.45 bits per heavy atom. The minimum absolute atomic E-state index is 0.0586. The van der Waals surface area contributed by atoms with E-state index in [1.54, 1.807) is 18.3 Å². The van der Waals surface area contributed by atoms with E-state index in [1.165, 1.54) is 23.0 Å². The lowest BCUT2D eigenvalue weighted by Crippen LogP contribution is -2.18. The number of hydrogen-bond acceptors (Lipinski definition) is 3. The molecule has 0 aliphatic rings. The van der Waals surface area contributed by atoms with E-state index >= 15 is 0 Å². The molecule has 0 spiro atoms. The van der Waals surface area contributed by atoms with Crippen LogP contribution in [-0.4, -0.2) is 25.8 Å². The first-order chi connectivity index (χ1) is 10.6. The number of aromatic nitrogens is 3. The molecule has 2 heterocycles. The zero-order chi connectivity index (χ0) is 16.1. The molecule has 0 radical (unpaired) electrons. The predicted molar refractivity (Wildman–Crippen MR) is 84.1 cm³/mol. The average Bonchev–Trinajstić information content (AvgIpc) is 2.90. The van der Waals surface area contributed by atoms with Crippen molar-refractivity contribution in [1.29, 1.82) is 0 Å². The van der Waals surface area contributed by atoms with E-state index in [0.29, 0.717) is 17.0 Å². The molecule has 2 rings (SSSR count). The molecule has 0 saturated heterocycles. The molecular formula is C16H15N3O3. The normalized spacial score (nSPS) is 11.8. The topological polar surface area (TPSA) is 88.0 Å². The molecule has 0 aromatic carbocycles. The van der Waals surface area contributed by atoms with Crippen LogP contribution in [0.3, 0.4) is 0 Å². The first kappa shape index (κ1) is 15.2. The molecular weight excluding hydrogens is 282 g/mol. The van der Waals surface area contributed by atoms with E-state index in [0.717, 1.165) is 0 Å². The number of pyridine rings is 1. The van der Waals surface area contributed by atoms with Crippen molar-refractivity contribution < 1.29 is 9.90 Å². The van der Waals surface area contributed by atoms with E-state index in [1.807, 2.05) is 19.1 Å². The standard InChI is InChI=1S/C16H15N3O3/c1-3-5-6-11(4-2)13-10-18-19(15(13)20)14-8-7-12(9-17-14)16(21)22/h3-10,18H,2H2,1H3,(H,21,22)/b5-3-,11-6+. The summed E-state index contributed by atoms with van der Waals surface area (Å²) in [6.45, 7) is 5.57. The predicted octanol–water partition coefficient (Wildman–Crippen LogP) is 2.40. The molecule has 6 heteroatoms. The fraction of sp³-hybridized carbons (Fsp3) is 0.0625. The maximum absolute atomic E-state index is 12.4. The maximum atomic E-state index is 12.4. The van der Waals surface area contributed by atoms with Crippen molar-refractivity contribution >= 4 is 11.5 Å². The van der Waals surface area contributed by atoms with Crippen LogP contribution in [0.5, 0.6) is 0 Å². The van der Waals surface area contributed by atoms with E-state index in [2.05, 4.69) is 16.7 Å². The molecule has 0 atom stereocenters. The van der Waals surface area contributed by atoms with Gasteiger partial charge in [0, 0.05) is 12.4 Å². The molecule has 0 amide bonds. The van der Waals surface area contributed by atoms with Gasteiger partial charge in [0.25, 0.3) is 5.56 Å². The molecule has 22 heavy (non-hydrogen) atoms. The smallest absolute Gasteiger partial charge is 0.337 e. The molecule has 0 unspecified atom stereocenters. The van der Waals surface area contributed by atoms with Crippen molar-refractivity contribution in [3.8, 4) is 5.82 Å². The van der Waals surface area contributed by atoms with Crippen LogP contribution in [0.15, 0.2) is 60.2 Å². The largest absolute Gasteiger partial charge is 0.478 e. The highest BCUT2D eigenvalue weighted by atomic mass is 16.4. The van der Waals surface area contributed by atoms with E-state index in [4.69, 9.17) is 5.11 Å². The lowest BCUT2D eigenvalue weighted by molar-refractivity contribution is 0.0696. The van der Waals surface area contributed by atoms with Crippen molar-refractivity contribution in [2.75, 3.05) is 0 Å². The van der Waals surface area contributed by atoms with E-state index in [-0.39, 0.29) is 11.1 Å². The van der Waals surface area contributed by atoms with Crippen LogP contribution in [0.1, 0.15) is 22.8 Å². The summed E-state index contributed by atoms with van der Waals surface area (Å²) < 4.78 is 1.24. The van der Waals surface area contributed by atoms with Gasteiger partial charge >= 0.3 is 5.97 Å². The number of carboxylic acids is 1. The lowest BCUT2D eigenvalue weighted by Gasteiger charge is -2.00. The van der Waals surface area contributed by atoms with Gasteiger partial charge in [-0.3, -0.25) is 9.89 Å². The third-order valence-corrected chi connectivity index (χ3v) is 2.99. The van der Waals surface area contributed by atoms with Gasteiger partial charge < -0.3 is 5.11 Å². The number of H-pyrrole nitrogens is 1. The summed E-state index contributed by atoms with van der Waals surface area (Å²) >= 11 is 0. The number of nitrogens with one attached hydrogen (secondary N) is 1. The number of hydrogen-bond donors (Lipinski definition) is 2. The lowest BCUT2D eigenvalue weighted by atomic mass is 10.1. The van der Waals surface area contributed by atoms with Crippen LogP contribution in [-0.2, 0) is 0 Å². The Bertz CT molecular complexity index is 808. The summed E-state index contributed by atoms with van der Waals surface area (Å²) in [5, 5.41) is 11.7. The second kappa shape index (κ2) is 6.53. The van der Waals surface area contributed by atoms with Gasteiger partial charge in [-0.25, -0.2) is 14.5 Å². The monoisotopic (exact) mass is 297 g/mol. The van der Waals surface area contributed by atoms with Crippen molar-refractivity contribution in [3.63, 3.8) is 0 Å². The van der Waals surface area contributed by atoms with Crippen molar-refractivity contribution in [2.24, 2.45) is 0 Å². The Balaban J connectivity index is 2.45. The molecule has 2 aromatic rings. The number of allylic oxidation sites excluding steroid dienone is 5. The minimum atomic E-state index is -1.07. The highest BCUT2D eigenvalue weighted by Crippen LogP contribution is 2.12. The quantitative estimate of drug-likeness (QED) is 0.829. The molecule has 0 aliphatic heterocycles. The number of nitrogens with zero attached hydrogens (tertiary/aromatic N) is 2. The zero-order valence-electron chi connectivity index (χ0n) is 12.0. The maximum Gasteiger partial charge on any atom is 0.337 e. The van der Waals surface area contributed by atoms with Gasteiger partial charge in [-0.1, -0.05) is 30.9 Å². The van der Waals surface area contributed by atoms with E-state index in [9.17, 15) is 9.59 Å². The number of carboxylic acid groups (broad SMARTS) is 1. The molecule has 0 saturated carbocycles. The first-order valence-corrected chi connectivity index (χ1v) is 6.54. The number of aromatic carboxylic acids is 1. The van der Waals surface area contributed by atoms with Crippen LogP contribution in [0, 0.1) is 0 Å². The summed E-state index contributed by atoms with van der Waals surface area (Å²) in [7, 11) is 0. The summed E-state index contributed by atoms with van der Waals surface area (Å²) in [4.78, 5) is 27.2. The second-order valence-electron chi connectivity index (χ2n) is 4.39. The zero-order valence-corrected chi connectivity index (χ0v) is 12.0. The van der Waals surface area contributed by atoms with Crippen molar-refractivity contribution in [3.05, 3.63) is 76.9 Å². The average molecular weight is 297 g/mol. The molecule has 112 valence electrons. The SMILES string of the molecule is C=C/C(=C\C=C/C)c1c[nH]n(-c2ccc(C(=O)O)cn2)c1=O. The van der Waals surface area contributed by atoms with Gasteiger partial charge in [0.1, 0.15) is 0 Å². The van der Waals surface area contributed by atoms with E-state index < -0.39 is 5.97 Å². The number of carbonyl (C=O) groups is 1. The van der Waals surface area contributed by atoms with Crippen LogP contribution >= 0.6 is 0 Å². The molecule has 6 nitrogen and oxygen atoms in total. The highest BCUT2D eigenvalue weighted by molar-refractivity contribution is 5.87. The molecule has 0 bridgehead atoms. The Morgan fingerprint density at radius 2 is 2.23 bits per heavy atom. The van der Waals surface area contributed by atoms with Gasteiger partial charge in [0.2, 0.25) is 0 Å². The fourth-order valence-electron chi connectivity index (χ4n) is 1.86. The van der Waals surface area contributed by atoms with Gasteiger partial charge in [0.15, 0.2) is 5.82 Å². The molecule has 2 N–H and O–H groups in total. The Morgan fingerprint density at radius 3 is 2.77 bits per heavy atom. The molecule has 2 aromatic heterocycles. The fourth-order valence-corrected chi connectivity index (χ4v) is 1.86.